The van der Waals surface area contributed by atoms with Crippen LogP contribution in [-0.2, 0) is 0 Å². The molecule has 0 heterocycles. The van der Waals surface area contributed by atoms with Gasteiger partial charge in [-0.3, -0.25) is 10.1 Å². The molecule has 0 amide bonds. The molecule has 0 aromatic heterocycles. The van der Waals surface area contributed by atoms with Crippen molar-refractivity contribution in [2.24, 2.45) is 0 Å². The van der Waals surface area contributed by atoms with Crippen LogP contribution in [0.4, 0.5) is 5.69 Å². The number of hydrogen-bond acceptors (Lipinski definition) is 6. The molecule has 94 valence electrons. The van der Waals surface area contributed by atoms with Crippen molar-refractivity contribution in [1.29, 1.82) is 0 Å². The van der Waals surface area contributed by atoms with Gasteiger partial charge in [-0.1, -0.05) is 0 Å². The zero-order valence-corrected chi connectivity index (χ0v) is 9.50. The molecule has 7 heteroatoms. The molecule has 0 atom stereocenters. The highest BCUT2D eigenvalue weighted by atomic mass is 16.6. The molecular weight excluding hydrogens is 230 g/mol. The van der Waals surface area contributed by atoms with E-state index in [1.165, 1.54) is 26.4 Å². The molecule has 0 bridgehead atoms. The lowest BCUT2D eigenvalue weighted by Gasteiger charge is -2.10. The van der Waals surface area contributed by atoms with Crippen LogP contribution in [0.15, 0.2) is 12.1 Å². The van der Waals surface area contributed by atoms with Crippen molar-refractivity contribution in [3.05, 3.63) is 22.2 Å². The van der Waals surface area contributed by atoms with Crippen LogP contribution >= 0.6 is 0 Å². The van der Waals surface area contributed by atoms with Crippen molar-refractivity contribution in [2.45, 2.75) is 0 Å². The Hall–Kier alpha value is -2.02. The van der Waals surface area contributed by atoms with Crippen LogP contribution in [0.3, 0.4) is 0 Å². The van der Waals surface area contributed by atoms with Gasteiger partial charge in [-0.15, -0.1) is 0 Å². The standard InChI is InChI=1S/C10H13NO6/c1-15-8-5-7(17-4-3-12)6-9(16-2)10(8)11(13)14/h5-6,12H,3-4H2,1-2H3. The molecule has 1 aromatic carbocycles. The van der Waals surface area contributed by atoms with Crippen LogP contribution in [0.5, 0.6) is 17.2 Å². The molecule has 0 aliphatic carbocycles. The largest absolute Gasteiger partial charge is 0.491 e. The number of nitrogens with zero attached hydrogens (tertiary/aromatic N) is 1. The van der Waals surface area contributed by atoms with E-state index >= 15 is 0 Å². The SMILES string of the molecule is COc1cc(OCCO)cc(OC)c1[N+](=O)[O-]. The number of rotatable bonds is 6. The Kier molecular flexibility index (Phi) is 4.53. The van der Waals surface area contributed by atoms with Gasteiger partial charge in [0.25, 0.3) is 0 Å². The maximum absolute atomic E-state index is 10.9. The molecule has 1 rings (SSSR count). The number of nitro benzene ring substituents is 1. The van der Waals surface area contributed by atoms with Gasteiger partial charge in [0.1, 0.15) is 12.4 Å². The normalized spacial score (nSPS) is 9.82. The minimum absolute atomic E-state index is 0.0438. The van der Waals surface area contributed by atoms with E-state index in [0.717, 1.165) is 0 Å². The smallest absolute Gasteiger partial charge is 0.352 e. The second kappa shape index (κ2) is 5.90. The Morgan fingerprint density at radius 2 is 1.82 bits per heavy atom. The summed E-state index contributed by atoms with van der Waals surface area (Å²) in [5.74, 6) is 0.419. The molecule has 7 nitrogen and oxygen atoms in total. The Morgan fingerprint density at radius 1 is 1.29 bits per heavy atom. The molecule has 0 saturated carbocycles. The van der Waals surface area contributed by atoms with E-state index in [2.05, 4.69) is 0 Å². The van der Waals surface area contributed by atoms with Crippen LogP contribution in [0.25, 0.3) is 0 Å². The average molecular weight is 243 g/mol. The van der Waals surface area contributed by atoms with Gasteiger partial charge in [0.05, 0.1) is 25.7 Å². The topological polar surface area (TPSA) is 91.1 Å². The third kappa shape index (κ3) is 2.97. The first-order valence-electron chi connectivity index (χ1n) is 4.78. The number of hydrogen-bond donors (Lipinski definition) is 1. The average Bonchev–Trinajstić information content (AvgIpc) is 2.34. The van der Waals surface area contributed by atoms with Gasteiger partial charge < -0.3 is 19.3 Å². The molecule has 1 N–H and O–H groups in total. The van der Waals surface area contributed by atoms with Crippen LogP contribution in [0.1, 0.15) is 0 Å². The molecule has 0 fully saturated rings. The summed E-state index contributed by atoms with van der Waals surface area (Å²) >= 11 is 0. The highest BCUT2D eigenvalue weighted by Crippen LogP contribution is 2.40. The quantitative estimate of drug-likeness (QED) is 0.591. The van der Waals surface area contributed by atoms with E-state index < -0.39 is 4.92 Å². The first kappa shape index (κ1) is 13.0. The zero-order valence-electron chi connectivity index (χ0n) is 9.50. The van der Waals surface area contributed by atoms with Crippen LogP contribution < -0.4 is 14.2 Å². The molecular formula is C10H13NO6. The lowest BCUT2D eigenvalue weighted by atomic mass is 10.2. The van der Waals surface area contributed by atoms with Crippen molar-refractivity contribution in [3.8, 4) is 17.2 Å². The van der Waals surface area contributed by atoms with E-state index in [1.807, 2.05) is 0 Å². The summed E-state index contributed by atoms with van der Waals surface area (Å²) in [6.45, 7) is -0.0638. The Morgan fingerprint density at radius 3 is 2.18 bits per heavy atom. The molecule has 0 unspecified atom stereocenters. The van der Waals surface area contributed by atoms with Gasteiger partial charge in [0, 0.05) is 12.1 Å². The van der Waals surface area contributed by atoms with Gasteiger partial charge in [0.15, 0.2) is 0 Å². The van der Waals surface area contributed by atoms with E-state index in [-0.39, 0.29) is 30.4 Å². The van der Waals surface area contributed by atoms with Gasteiger partial charge in [-0.25, -0.2) is 0 Å². The monoisotopic (exact) mass is 243 g/mol. The molecule has 0 saturated heterocycles. The third-order valence-corrected chi connectivity index (χ3v) is 2.00. The summed E-state index contributed by atoms with van der Waals surface area (Å²) in [6, 6.07) is 2.74. The molecule has 1 aromatic rings. The van der Waals surface area contributed by atoms with Crippen molar-refractivity contribution >= 4 is 5.69 Å². The lowest BCUT2D eigenvalue weighted by Crippen LogP contribution is -2.03. The summed E-state index contributed by atoms with van der Waals surface area (Å²) in [5, 5.41) is 19.5. The summed E-state index contributed by atoms with van der Waals surface area (Å²) in [6.07, 6.45) is 0. The number of nitro groups is 1. The molecule has 0 aliphatic heterocycles. The molecule has 0 aliphatic rings. The fourth-order valence-corrected chi connectivity index (χ4v) is 1.30. The van der Waals surface area contributed by atoms with Crippen LogP contribution in [0, 0.1) is 10.1 Å². The van der Waals surface area contributed by atoms with Gasteiger partial charge in [0.2, 0.25) is 11.5 Å². The number of ether oxygens (including phenoxy) is 3. The van der Waals surface area contributed by atoms with Gasteiger partial charge >= 0.3 is 5.69 Å². The highest BCUT2D eigenvalue weighted by Gasteiger charge is 2.23. The second-order valence-electron chi connectivity index (χ2n) is 3.01. The maximum Gasteiger partial charge on any atom is 0.352 e. The van der Waals surface area contributed by atoms with Gasteiger partial charge in [-0.2, -0.15) is 0 Å². The molecule has 0 radical (unpaired) electrons. The third-order valence-electron chi connectivity index (χ3n) is 2.00. The summed E-state index contributed by atoms with van der Waals surface area (Å²) in [4.78, 5) is 10.3. The Balaban J connectivity index is 3.19. The predicted octanol–water partition coefficient (Wildman–Crippen LogP) is 0.983. The van der Waals surface area contributed by atoms with Crippen molar-refractivity contribution in [1.82, 2.24) is 0 Å². The first-order chi connectivity index (χ1) is 8.13. The fraction of sp³-hybridized carbons (Fsp3) is 0.400. The Bertz CT molecular complexity index is 381. The van der Waals surface area contributed by atoms with Crippen molar-refractivity contribution in [3.63, 3.8) is 0 Å². The predicted molar refractivity (Wildman–Crippen MR) is 58.8 cm³/mol. The number of aliphatic hydroxyl groups excluding tert-OH is 1. The number of methoxy groups -OCH3 is 2. The summed E-state index contributed by atoms with van der Waals surface area (Å²) < 4.78 is 15.0. The zero-order chi connectivity index (χ0) is 12.8. The van der Waals surface area contributed by atoms with Crippen LogP contribution in [0.2, 0.25) is 0 Å². The van der Waals surface area contributed by atoms with Crippen LogP contribution in [-0.4, -0.2) is 37.5 Å². The van der Waals surface area contributed by atoms with E-state index in [0.29, 0.717) is 5.75 Å². The number of benzene rings is 1. The van der Waals surface area contributed by atoms with Crippen molar-refractivity contribution in [2.75, 3.05) is 27.4 Å². The second-order valence-corrected chi connectivity index (χ2v) is 3.01. The van der Waals surface area contributed by atoms with E-state index in [1.54, 1.807) is 0 Å². The lowest BCUT2D eigenvalue weighted by molar-refractivity contribution is -0.386. The summed E-state index contributed by atoms with van der Waals surface area (Å²) in [5.41, 5.74) is -0.258. The Labute approximate surface area is 97.7 Å². The minimum Gasteiger partial charge on any atom is -0.491 e. The number of aliphatic hydroxyl groups is 1. The first-order valence-corrected chi connectivity index (χ1v) is 4.78. The maximum atomic E-state index is 10.9. The molecule has 17 heavy (non-hydrogen) atoms. The minimum atomic E-state index is -0.590. The van der Waals surface area contributed by atoms with Crippen molar-refractivity contribution < 1.29 is 24.2 Å². The van der Waals surface area contributed by atoms with Gasteiger partial charge in [-0.05, 0) is 0 Å². The fourth-order valence-electron chi connectivity index (χ4n) is 1.30. The molecule has 0 spiro atoms. The van der Waals surface area contributed by atoms with E-state index in [9.17, 15) is 10.1 Å². The summed E-state index contributed by atoms with van der Waals surface area (Å²) in [7, 11) is 2.63. The highest BCUT2D eigenvalue weighted by molar-refractivity contribution is 5.61. The van der Waals surface area contributed by atoms with E-state index in [4.69, 9.17) is 19.3 Å².